The van der Waals surface area contributed by atoms with E-state index in [0.717, 1.165) is 17.0 Å². The highest BCUT2D eigenvalue weighted by Crippen LogP contribution is 2.34. The van der Waals surface area contributed by atoms with Gasteiger partial charge in [-0.15, -0.1) is 13.2 Å². The second kappa shape index (κ2) is 11.6. The third kappa shape index (κ3) is 6.30. The Labute approximate surface area is 227 Å². The van der Waals surface area contributed by atoms with E-state index in [4.69, 9.17) is 5.73 Å². The van der Waals surface area contributed by atoms with Gasteiger partial charge in [0.15, 0.2) is 0 Å². The minimum absolute atomic E-state index is 0.143. The number of carbonyl (C=O) groups excluding carboxylic acids is 3. The minimum atomic E-state index is -4.88. The summed E-state index contributed by atoms with van der Waals surface area (Å²) in [4.78, 5) is 50.4. The molecule has 1 aliphatic rings. The molecule has 0 spiro atoms. The molecule has 13 heteroatoms. The Kier molecular flexibility index (Phi) is 8.21. The number of aromatic nitrogens is 2. The third-order valence-corrected chi connectivity index (χ3v) is 6.57. The van der Waals surface area contributed by atoms with Gasteiger partial charge >= 0.3 is 12.4 Å². The molecule has 40 heavy (non-hydrogen) atoms. The van der Waals surface area contributed by atoms with Crippen molar-refractivity contribution in [2.75, 3.05) is 17.7 Å². The molecule has 0 radical (unpaired) electrons. The fourth-order valence-electron chi connectivity index (χ4n) is 4.59. The van der Waals surface area contributed by atoms with Gasteiger partial charge < -0.3 is 20.7 Å². The molecule has 1 aromatic carbocycles. The SMILES string of the molecule is CCC(NC(=O)N1C(=O)[C@H](Cc2ccnc(N)c2)[C@H]1C(=O)N(C)c1ccncc1)c1cccc(OC(F)(F)F)c1. The first-order valence-corrected chi connectivity index (χ1v) is 12.4. The molecule has 1 unspecified atom stereocenters. The zero-order chi connectivity index (χ0) is 29.0. The van der Waals surface area contributed by atoms with E-state index in [0.29, 0.717) is 23.2 Å². The standard InChI is InChI=1S/C27H27F3N6O4/c1-3-21(17-5-4-6-19(15-17)40-27(28,29)30)34-26(39)36-23(25(38)35(2)18-8-10-32-11-9-18)20(24(36)37)13-16-7-12-33-22(31)14-16/h4-12,14-15,20-21,23H,3,13H2,1-2H3,(H2,31,33)(H,34,39)/t20-,21?,23+/m1/s1. The summed E-state index contributed by atoms with van der Waals surface area (Å²) in [6, 6.07) is 8.96. The van der Waals surface area contributed by atoms with Gasteiger partial charge in [0.2, 0.25) is 5.91 Å². The molecule has 4 amide bonds. The number of amides is 4. The maximum absolute atomic E-state index is 13.6. The van der Waals surface area contributed by atoms with Crippen LogP contribution in [-0.2, 0) is 16.0 Å². The maximum Gasteiger partial charge on any atom is 0.573 e. The van der Waals surface area contributed by atoms with Crippen molar-refractivity contribution in [1.29, 1.82) is 0 Å². The van der Waals surface area contributed by atoms with Crippen LogP contribution in [0.1, 0.15) is 30.5 Å². The van der Waals surface area contributed by atoms with E-state index in [2.05, 4.69) is 20.0 Å². The Balaban J connectivity index is 1.58. The van der Waals surface area contributed by atoms with Crippen molar-refractivity contribution in [3.63, 3.8) is 0 Å². The van der Waals surface area contributed by atoms with Gasteiger partial charge in [-0.05, 0) is 60.4 Å². The number of nitrogen functional groups attached to an aromatic ring is 1. The summed E-state index contributed by atoms with van der Waals surface area (Å²) >= 11 is 0. The fourth-order valence-corrected chi connectivity index (χ4v) is 4.59. The van der Waals surface area contributed by atoms with Gasteiger partial charge in [-0.3, -0.25) is 19.5 Å². The second-order valence-electron chi connectivity index (χ2n) is 9.19. The molecule has 3 atom stereocenters. The van der Waals surface area contributed by atoms with Crippen molar-refractivity contribution < 1.29 is 32.3 Å². The van der Waals surface area contributed by atoms with Crippen LogP contribution in [0.4, 0.5) is 29.5 Å². The van der Waals surface area contributed by atoms with Gasteiger partial charge in [0, 0.05) is 31.3 Å². The second-order valence-corrected chi connectivity index (χ2v) is 9.19. The summed E-state index contributed by atoms with van der Waals surface area (Å²) in [5, 5.41) is 2.68. The van der Waals surface area contributed by atoms with Crippen LogP contribution in [0.25, 0.3) is 0 Å². The highest BCUT2D eigenvalue weighted by molar-refractivity contribution is 6.12. The number of hydrogen-bond donors (Lipinski definition) is 2. The lowest BCUT2D eigenvalue weighted by Crippen LogP contribution is -2.70. The zero-order valence-corrected chi connectivity index (χ0v) is 21.6. The van der Waals surface area contributed by atoms with Crippen molar-refractivity contribution in [2.24, 2.45) is 5.92 Å². The number of imide groups is 1. The summed E-state index contributed by atoms with van der Waals surface area (Å²) in [6.07, 6.45) is 0.0596. The van der Waals surface area contributed by atoms with E-state index in [1.54, 1.807) is 31.2 Å². The van der Waals surface area contributed by atoms with Crippen LogP contribution in [0.15, 0.2) is 67.1 Å². The van der Waals surface area contributed by atoms with Gasteiger partial charge in [-0.2, -0.15) is 0 Å². The third-order valence-electron chi connectivity index (χ3n) is 6.57. The van der Waals surface area contributed by atoms with Gasteiger partial charge in [0.05, 0.1) is 12.0 Å². The number of nitrogens with one attached hydrogen (secondary N) is 1. The number of anilines is 2. The van der Waals surface area contributed by atoms with E-state index < -0.39 is 48.0 Å². The van der Waals surface area contributed by atoms with E-state index >= 15 is 0 Å². The molecule has 3 N–H and O–H groups in total. The number of hydrogen-bond acceptors (Lipinski definition) is 7. The number of ether oxygens (including phenoxy) is 1. The number of β-lactam (4-membered cyclic amide) rings is 1. The number of urea groups is 1. The van der Waals surface area contributed by atoms with Crippen LogP contribution < -0.4 is 20.7 Å². The molecule has 3 aromatic rings. The molecular formula is C27H27F3N6O4. The topological polar surface area (TPSA) is 131 Å². The largest absolute Gasteiger partial charge is 0.573 e. The first kappa shape index (κ1) is 28.3. The van der Waals surface area contributed by atoms with Gasteiger partial charge in [-0.25, -0.2) is 9.78 Å². The molecule has 1 aliphatic heterocycles. The molecule has 10 nitrogen and oxygen atoms in total. The van der Waals surface area contributed by atoms with Crippen molar-refractivity contribution >= 4 is 29.4 Å². The number of alkyl halides is 3. The van der Waals surface area contributed by atoms with Crippen molar-refractivity contribution in [3.8, 4) is 5.75 Å². The lowest BCUT2D eigenvalue weighted by Gasteiger charge is -2.46. The molecule has 0 saturated carbocycles. The van der Waals surface area contributed by atoms with Crippen molar-refractivity contribution in [1.82, 2.24) is 20.2 Å². The van der Waals surface area contributed by atoms with E-state index in [1.807, 2.05) is 0 Å². The highest BCUT2D eigenvalue weighted by atomic mass is 19.4. The molecule has 0 bridgehead atoms. The lowest BCUT2D eigenvalue weighted by atomic mass is 9.81. The predicted molar refractivity (Wildman–Crippen MR) is 139 cm³/mol. The molecular weight excluding hydrogens is 529 g/mol. The first-order chi connectivity index (χ1) is 19.0. The monoisotopic (exact) mass is 556 g/mol. The van der Waals surface area contributed by atoms with E-state index in [-0.39, 0.29) is 12.2 Å². The summed E-state index contributed by atoms with van der Waals surface area (Å²) in [5.74, 6) is -2.12. The average molecular weight is 557 g/mol. The van der Waals surface area contributed by atoms with Crippen molar-refractivity contribution in [3.05, 3.63) is 78.2 Å². The Morgan fingerprint density at radius 1 is 1.15 bits per heavy atom. The predicted octanol–water partition coefficient (Wildman–Crippen LogP) is 3.85. The van der Waals surface area contributed by atoms with Gasteiger partial charge in [0.1, 0.15) is 17.6 Å². The molecule has 1 saturated heterocycles. The van der Waals surface area contributed by atoms with Gasteiger partial charge in [0.25, 0.3) is 5.91 Å². The summed E-state index contributed by atoms with van der Waals surface area (Å²) in [5.41, 5.74) is 7.29. The normalized spacial score (nSPS) is 17.5. The highest BCUT2D eigenvalue weighted by Gasteiger charge is 2.55. The van der Waals surface area contributed by atoms with E-state index in [1.165, 1.54) is 42.7 Å². The molecule has 0 aliphatic carbocycles. The number of likely N-dealkylation sites (tertiary alicyclic amines) is 1. The zero-order valence-electron chi connectivity index (χ0n) is 21.6. The summed E-state index contributed by atoms with van der Waals surface area (Å²) < 4.78 is 42.1. The smallest absolute Gasteiger partial charge is 0.406 e. The van der Waals surface area contributed by atoms with Gasteiger partial charge in [-0.1, -0.05) is 19.1 Å². The van der Waals surface area contributed by atoms with E-state index in [9.17, 15) is 27.6 Å². The maximum atomic E-state index is 13.6. The Morgan fingerprint density at radius 2 is 1.88 bits per heavy atom. The van der Waals surface area contributed by atoms with Crippen molar-refractivity contribution in [2.45, 2.75) is 38.2 Å². The molecule has 2 aromatic heterocycles. The lowest BCUT2D eigenvalue weighted by molar-refractivity contribution is -0.274. The fraction of sp³-hybridized carbons (Fsp3) is 0.296. The Morgan fingerprint density at radius 3 is 2.52 bits per heavy atom. The van der Waals surface area contributed by atoms with Crippen LogP contribution in [0.3, 0.4) is 0 Å². The Hall–Kier alpha value is -4.68. The Bertz CT molecular complexity index is 1390. The molecule has 1 fully saturated rings. The number of rotatable bonds is 8. The quantitative estimate of drug-likeness (QED) is 0.403. The summed E-state index contributed by atoms with van der Waals surface area (Å²) in [7, 11) is 1.53. The number of pyridine rings is 2. The van der Waals surface area contributed by atoms with Crippen LogP contribution in [0.2, 0.25) is 0 Å². The first-order valence-electron chi connectivity index (χ1n) is 12.4. The number of likely N-dealkylation sites (N-methyl/N-ethyl adjacent to an activating group) is 1. The summed E-state index contributed by atoms with van der Waals surface area (Å²) in [6.45, 7) is 1.72. The van der Waals surface area contributed by atoms with Crippen LogP contribution in [-0.4, -0.2) is 52.2 Å². The number of nitrogens with two attached hydrogens (primary N) is 1. The van der Waals surface area contributed by atoms with Crippen LogP contribution in [0, 0.1) is 5.92 Å². The average Bonchev–Trinajstić information content (AvgIpc) is 2.92. The number of benzene rings is 1. The van der Waals surface area contributed by atoms with Crippen LogP contribution in [0.5, 0.6) is 5.75 Å². The molecule has 4 rings (SSSR count). The minimum Gasteiger partial charge on any atom is -0.406 e. The molecule has 3 heterocycles. The number of nitrogens with zero attached hydrogens (tertiary/aromatic N) is 4. The molecule has 210 valence electrons. The van der Waals surface area contributed by atoms with Crippen LogP contribution >= 0.6 is 0 Å². The number of carbonyl (C=O) groups is 3. The number of halogens is 3.